The number of aromatic nitrogens is 2. The number of anilines is 1. The summed E-state index contributed by atoms with van der Waals surface area (Å²) in [5.41, 5.74) is 6.95. The normalized spacial score (nSPS) is 10.4. The number of carbonyl (C=O) groups excluding carboxylic acids is 1. The summed E-state index contributed by atoms with van der Waals surface area (Å²) >= 11 is 0. The van der Waals surface area contributed by atoms with Crippen LogP contribution in [0, 0.1) is 0 Å². The van der Waals surface area contributed by atoms with Crippen LogP contribution in [0.5, 0.6) is 5.88 Å². The molecule has 0 unspecified atom stereocenters. The zero-order valence-electron chi connectivity index (χ0n) is 12.0. The molecule has 0 fully saturated rings. The molecular formula is C14H18N4O3. The van der Waals surface area contributed by atoms with Crippen LogP contribution in [0.25, 0.3) is 11.3 Å². The van der Waals surface area contributed by atoms with E-state index in [4.69, 9.17) is 15.0 Å². The van der Waals surface area contributed by atoms with Crippen LogP contribution in [0.4, 0.5) is 5.88 Å². The lowest BCUT2D eigenvalue weighted by Crippen LogP contribution is -2.25. The fraction of sp³-hybridized carbons (Fsp3) is 0.357. The van der Waals surface area contributed by atoms with Crippen molar-refractivity contribution in [3.05, 3.63) is 23.9 Å². The number of nitrogens with two attached hydrogens (primary N) is 1. The number of carbonyl (C=O) groups is 1. The summed E-state index contributed by atoms with van der Waals surface area (Å²) < 4.78 is 9.94. The van der Waals surface area contributed by atoms with E-state index >= 15 is 0 Å². The van der Waals surface area contributed by atoms with Crippen molar-refractivity contribution in [2.24, 2.45) is 0 Å². The molecule has 2 aromatic heterocycles. The smallest absolute Gasteiger partial charge is 0.259 e. The van der Waals surface area contributed by atoms with Crippen molar-refractivity contribution in [1.29, 1.82) is 0 Å². The first-order valence-corrected chi connectivity index (χ1v) is 6.71. The maximum Gasteiger partial charge on any atom is 0.259 e. The summed E-state index contributed by atoms with van der Waals surface area (Å²) in [6.07, 6.45) is 3.45. The molecule has 0 bridgehead atoms. The molecule has 0 saturated carbocycles. The van der Waals surface area contributed by atoms with Gasteiger partial charge in [-0.2, -0.15) is 0 Å². The molecule has 0 aliphatic heterocycles. The highest BCUT2D eigenvalue weighted by Gasteiger charge is 2.22. The Labute approximate surface area is 122 Å². The van der Waals surface area contributed by atoms with Gasteiger partial charge in [-0.15, -0.1) is 0 Å². The molecule has 0 atom stereocenters. The Morgan fingerprint density at radius 3 is 2.90 bits per heavy atom. The molecular weight excluding hydrogens is 272 g/mol. The number of nitrogens with zero attached hydrogens (tertiary/aromatic N) is 2. The molecule has 3 N–H and O–H groups in total. The fourth-order valence-corrected chi connectivity index (χ4v) is 1.83. The second-order valence-electron chi connectivity index (χ2n) is 4.47. The molecule has 112 valence electrons. The van der Waals surface area contributed by atoms with E-state index in [0.29, 0.717) is 23.7 Å². The second-order valence-corrected chi connectivity index (χ2v) is 4.47. The molecule has 1 amide bonds. The summed E-state index contributed by atoms with van der Waals surface area (Å²) in [6.45, 7) is 2.63. The molecule has 21 heavy (non-hydrogen) atoms. The van der Waals surface area contributed by atoms with Crippen LogP contribution in [0.1, 0.15) is 30.1 Å². The van der Waals surface area contributed by atoms with Gasteiger partial charge in [0.1, 0.15) is 11.3 Å². The molecule has 2 heterocycles. The number of ether oxygens (including phenoxy) is 1. The highest BCUT2D eigenvalue weighted by molar-refractivity contribution is 6.03. The number of amides is 1. The van der Waals surface area contributed by atoms with Gasteiger partial charge in [0.15, 0.2) is 0 Å². The average molecular weight is 290 g/mol. The molecule has 0 spiro atoms. The Balaban J connectivity index is 2.26. The number of nitrogen functional groups attached to an aromatic ring is 1. The van der Waals surface area contributed by atoms with E-state index < -0.39 is 0 Å². The van der Waals surface area contributed by atoms with Crippen LogP contribution >= 0.6 is 0 Å². The molecule has 7 heteroatoms. The first kappa shape index (κ1) is 14.8. The number of hydrogen-bond donors (Lipinski definition) is 2. The Hall–Kier alpha value is -2.57. The van der Waals surface area contributed by atoms with Crippen LogP contribution in [-0.2, 0) is 0 Å². The fourth-order valence-electron chi connectivity index (χ4n) is 1.83. The lowest BCUT2D eigenvalue weighted by atomic mass is 10.1. The van der Waals surface area contributed by atoms with Crippen molar-refractivity contribution < 1.29 is 14.1 Å². The monoisotopic (exact) mass is 290 g/mol. The minimum atomic E-state index is -0.298. The molecule has 7 nitrogen and oxygen atoms in total. The summed E-state index contributed by atoms with van der Waals surface area (Å²) in [7, 11) is 1.53. The van der Waals surface area contributed by atoms with Crippen LogP contribution in [0.15, 0.2) is 22.9 Å². The lowest BCUT2D eigenvalue weighted by Gasteiger charge is -2.05. The molecule has 0 aliphatic carbocycles. The second kappa shape index (κ2) is 6.74. The van der Waals surface area contributed by atoms with Crippen LogP contribution < -0.4 is 15.8 Å². The Morgan fingerprint density at radius 2 is 2.29 bits per heavy atom. The van der Waals surface area contributed by atoms with Gasteiger partial charge in [-0.25, -0.2) is 4.98 Å². The van der Waals surface area contributed by atoms with Crippen LogP contribution in [0.3, 0.4) is 0 Å². The number of nitrogens with one attached hydrogen (secondary N) is 1. The summed E-state index contributed by atoms with van der Waals surface area (Å²) in [4.78, 5) is 16.3. The molecule has 0 aliphatic rings. The molecule has 2 rings (SSSR count). The highest BCUT2D eigenvalue weighted by atomic mass is 16.5. The quantitative estimate of drug-likeness (QED) is 0.787. The highest BCUT2D eigenvalue weighted by Crippen LogP contribution is 2.27. The third kappa shape index (κ3) is 3.31. The maximum absolute atomic E-state index is 12.2. The Kier molecular flexibility index (Phi) is 4.76. The van der Waals surface area contributed by atoms with Gasteiger partial charge in [0.25, 0.3) is 5.91 Å². The van der Waals surface area contributed by atoms with Gasteiger partial charge < -0.3 is 20.3 Å². The van der Waals surface area contributed by atoms with E-state index in [9.17, 15) is 4.79 Å². The Morgan fingerprint density at radius 1 is 1.48 bits per heavy atom. The van der Waals surface area contributed by atoms with E-state index in [2.05, 4.69) is 15.5 Å². The van der Waals surface area contributed by atoms with Crippen molar-refractivity contribution in [3.63, 3.8) is 0 Å². The zero-order valence-corrected chi connectivity index (χ0v) is 12.0. The molecule has 0 aromatic carbocycles. The van der Waals surface area contributed by atoms with Gasteiger partial charge in [0, 0.05) is 24.4 Å². The first-order valence-electron chi connectivity index (χ1n) is 6.71. The molecule has 2 aromatic rings. The minimum Gasteiger partial charge on any atom is -0.481 e. The van der Waals surface area contributed by atoms with Crippen LogP contribution in [0.2, 0.25) is 0 Å². The zero-order chi connectivity index (χ0) is 15.2. The number of pyridine rings is 1. The van der Waals surface area contributed by atoms with Gasteiger partial charge in [0.05, 0.1) is 7.11 Å². The SMILES string of the molecule is CCCCNC(=O)c1c(-c2ccc(OC)nc2)noc1N. The molecule has 0 saturated heterocycles. The predicted molar refractivity (Wildman–Crippen MR) is 77.9 cm³/mol. The van der Waals surface area contributed by atoms with E-state index in [1.54, 1.807) is 18.3 Å². The molecule has 0 radical (unpaired) electrons. The average Bonchev–Trinajstić information content (AvgIpc) is 2.89. The standard InChI is InChI=1S/C14H18N4O3/c1-3-4-7-16-14(19)11-12(18-21-13(11)15)9-5-6-10(20-2)17-8-9/h5-6,8H,3-4,7,15H2,1-2H3,(H,16,19). The lowest BCUT2D eigenvalue weighted by molar-refractivity contribution is 0.0954. The number of hydrogen-bond acceptors (Lipinski definition) is 6. The van der Waals surface area contributed by atoms with Gasteiger partial charge in [0.2, 0.25) is 11.8 Å². The topological polar surface area (TPSA) is 103 Å². The number of rotatable bonds is 6. The Bertz CT molecular complexity index is 607. The van der Waals surface area contributed by atoms with Crippen molar-refractivity contribution in [2.75, 3.05) is 19.4 Å². The van der Waals surface area contributed by atoms with Crippen molar-refractivity contribution in [1.82, 2.24) is 15.5 Å². The van der Waals surface area contributed by atoms with E-state index in [0.717, 1.165) is 12.8 Å². The van der Waals surface area contributed by atoms with Crippen LogP contribution in [-0.4, -0.2) is 29.7 Å². The van der Waals surface area contributed by atoms with Crippen molar-refractivity contribution >= 4 is 11.8 Å². The third-order valence-corrected chi connectivity index (χ3v) is 2.98. The van der Waals surface area contributed by atoms with Gasteiger partial charge >= 0.3 is 0 Å². The van der Waals surface area contributed by atoms with E-state index in [1.165, 1.54) is 7.11 Å². The predicted octanol–water partition coefficient (Wildman–Crippen LogP) is 1.86. The number of methoxy groups -OCH3 is 1. The van der Waals surface area contributed by atoms with E-state index in [-0.39, 0.29) is 17.4 Å². The third-order valence-electron chi connectivity index (χ3n) is 2.98. The summed E-state index contributed by atoms with van der Waals surface area (Å²) in [6, 6.07) is 3.42. The van der Waals surface area contributed by atoms with Crippen molar-refractivity contribution in [3.8, 4) is 17.1 Å². The van der Waals surface area contributed by atoms with E-state index in [1.807, 2.05) is 6.92 Å². The number of unbranched alkanes of at least 4 members (excludes halogenated alkanes) is 1. The van der Waals surface area contributed by atoms with Crippen molar-refractivity contribution in [2.45, 2.75) is 19.8 Å². The minimum absolute atomic E-state index is 0.00480. The van der Waals surface area contributed by atoms with Gasteiger partial charge in [-0.1, -0.05) is 18.5 Å². The maximum atomic E-state index is 12.2. The van der Waals surface area contributed by atoms with Gasteiger partial charge in [-0.3, -0.25) is 4.79 Å². The first-order chi connectivity index (χ1) is 10.2. The summed E-state index contributed by atoms with van der Waals surface area (Å²) in [5.74, 6) is 0.173. The van der Waals surface area contributed by atoms with Gasteiger partial charge in [-0.05, 0) is 12.5 Å². The largest absolute Gasteiger partial charge is 0.481 e. The summed E-state index contributed by atoms with van der Waals surface area (Å²) in [5, 5.41) is 6.64.